The van der Waals surface area contributed by atoms with E-state index < -0.39 is 5.60 Å². The molecular formula is C16H27N3O. The fraction of sp³-hybridized carbons (Fsp3) is 0.750. The first kappa shape index (κ1) is 15.4. The van der Waals surface area contributed by atoms with Crippen molar-refractivity contribution in [2.24, 2.45) is 0 Å². The van der Waals surface area contributed by atoms with E-state index in [1.807, 2.05) is 13.8 Å². The van der Waals surface area contributed by atoms with Gasteiger partial charge in [-0.15, -0.1) is 0 Å². The summed E-state index contributed by atoms with van der Waals surface area (Å²) in [5.74, 6) is 0.773. The van der Waals surface area contributed by atoms with Crippen LogP contribution < -0.4 is 5.32 Å². The number of hydrogen-bond acceptors (Lipinski definition) is 4. The quantitative estimate of drug-likeness (QED) is 0.778. The lowest BCUT2D eigenvalue weighted by Crippen LogP contribution is -2.24. The van der Waals surface area contributed by atoms with Crippen molar-refractivity contribution in [2.45, 2.75) is 65.0 Å². The third-order valence-electron chi connectivity index (χ3n) is 4.08. The van der Waals surface area contributed by atoms with Crippen LogP contribution in [-0.2, 0) is 16.8 Å². The molecule has 4 heteroatoms. The highest BCUT2D eigenvalue weighted by molar-refractivity contribution is 5.25. The van der Waals surface area contributed by atoms with Crippen LogP contribution in [-0.4, -0.2) is 29.7 Å². The Morgan fingerprint density at radius 1 is 1.20 bits per heavy atom. The minimum atomic E-state index is -0.429. The van der Waals surface area contributed by atoms with Gasteiger partial charge in [-0.1, -0.05) is 0 Å². The molecule has 4 nitrogen and oxygen atoms in total. The maximum absolute atomic E-state index is 5.47. The monoisotopic (exact) mass is 277 g/mol. The Morgan fingerprint density at radius 2 is 1.80 bits per heavy atom. The average molecular weight is 277 g/mol. The number of nitrogens with one attached hydrogen (secondary N) is 1. The van der Waals surface area contributed by atoms with Crippen molar-refractivity contribution in [1.29, 1.82) is 0 Å². The van der Waals surface area contributed by atoms with Gasteiger partial charge in [0.05, 0.1) is 0 Å². The summed E-state index contributed by atoms with van der Waals surface area (Å²) >= 11 is 0. The lowest BCUT2D eigenvalue weighted by atomic mass is 10.0. The van der Waals surface area contributed by atoms with Crippen molar-refractivity contribution >= 4 is 0 Å². The van der Waals surface area contributed by atoms with E-state index >= 15 is 0 Å². The van der Waals surface area contributed by atoms with Crippen LogP contribution in [0.25, 0.3) is 0 Å². The molecule has 1 aromatic rings. The zero-order chi connectivity index (χ0) is 14.8. The van der Waals surface area contributed by atoms with Crippen LogP contribution >= 0.6 is 0 Å². The highest BCUT2D eigenvalue weighted by Gasteiger charge is 2.24. The highest BCUT2D eigenvalue weighted by atomic mass is 16.5. The Bertz CT molecular complexity index is 444. The van der Waals surface area contributed by atoms with Crippen LogP contribution in [0.1, 0.15) is 55.9 Å². The molecule has 0 aromatic carbocycles. The van der Waals surface area contributed by atoms with E-state index in [0.29, 0.717) is 0 Å². The van der Waals surface area contributed by atoms with Gasteiger partial charge in [0.15, 0.2) is 5.82 Å². The summed E-state index contributed by atoms with van der Waals surface area (Å²) in [5, 5.41) is 3.55. The first-order valence-corrected chi connectivity index (χ1v) is 7.57. The third kappa shape index (κ3) is 3.76. The zero-order valence-electron chi connectivity index (χ0n) is 13.4. The minimum Gasteiger partial charge on any atom is -0.371 e. The van der Waals surface area contributed by atoms with Crippen molar-refractivity contribution in [3.8, 4) is 0 Å². The number of methoxy groups -OCH3 is 1. The molecule has 0 unspecified atom stereocenters. The number of ether oxygens (including phenoxy) is 1. The van der Waals surface area contributed by atoms with Crippen molar-refractivity contribution < 1.29 is 4.74 Å². The van der Waals surface area contributed by atoms with Gasteiger partial charge in [-0.3, -0.25) is 0 Å². The van der Waals surface area contributed by atoms with Gasteiger partial charge in [0.2, 0.25) is 0 Å². The smallest absolute Gasteiger partial charge is 0.160 e. The molecule has 20 heavy (non-hydrogen) atoms. The lowest BCUT2D eigenvalue weighted by molar-refractivity contribution is 0.0111. The van der Waals surface area contributed by atoms with Gasteiger partial charge >= 0.3 is 0 Å². The fourth-order valence-corrected chi connectivity index (χ4v) is 2.32. The van der Waals surface area contributed by atoms with E-state index in [1.165, 1.54) is 18.4 Å². The normalized spacial score (nSPS) is 15.7. The summed E-state index contributed by atoms with van der Waals surface area (Å²) in [6, 6.07) is 0.790. The van der Waals surface area contributed by atoms with Crippen molar-refractivity contribution in [3.05, 3.63) is 22.8 Å². The maximum atomic E-state index is 5.47. The molecule has 0 spiro atoms. The van der Waals surface area contributed by atoms with Gasteiger partial charge in [-0.2, -0.15) is 0 Å². The van der Waals surface area contributed by atoms with Crippen molar-refractivity contribution in [3.63, 3.8) is 0 Å². The van der Waals surface area contributed by atoms with Crippen LogP contribution in [0.15, 0.2) is 0 Å². The van der Waals surface area contributed by atoms with Gasteiger partial charge < -0.3 is 10.1 Å². The molecule has 0 bridgehead atoms. The van der Waals surface area contributed by atoms with Crippen LogP contribution in [0.4, 0.5) is 0 Å². The van der Waals surface area contributed by atoms with Crippen LogP contribution in [0.2, 0.25) is 0 Å². The Morgan fingerprint density at radius 3 is 2.30 bits per heavy atom. The molecule has 1 fully saturated rings. The first-order chi connectivity index (χ1) is 9.44. The van der Waals surface area contributed by atoms with E-state index in [0.717, 1.165) is 42.6 Å². The van der Waals surface area contributed by atoms with Crippen molar-refractivity contribution in [2.75, 3.05) is 13.7 Å². The molecule has 1 aliphatic carbocycles. The van der Waals surface area contributed by atoms with Crippen LogP contribution in [0.3, 0.4) is 0 Å². The Labute approximate surface area is 122 Å². The topological polar surface area (TPSA) is 47.0 Å². The Hall–Kier alpha value is -1.00. The summed E-state index contributed by atoms with van der Waals surface area (Å²) in [5.41, 5.74) is 3.04. The van der Waals surface area contributed by atoms with Gasteiger partial charge in [-0.25, -0.2) is 9.97 Å². The van der Waals surface area contributed by atoms with Crippen LogP contribution in [0.5, 0.6) is 0 Å². The predicted octanol–water partition coefficient (Wildman–Crippen LogP) is 2.66. The van der Waals surface area contributed by atoms with Crippen molar-refractivity contribution in [1.82, 2.24) is 15.3 Å². The minimum absolute atomic E-state index is 0.429. The molecule has 0 radical (unpaired) electrons. The van der Waals surface area contributed by atoms with Gasteiger partial charge in [0.1, 0.15) is 5.60 Å². The molecule has 0 saturated heterocycles. The zero-order valence-corrected chi connectivity index (χ0v) is 13.4. The van der Waals surface area contributed by atoms with Gasteiger partial charge in [-0.05, 0) is 65.5 Å². The number of aromatic nitrogens is 2. The van der Waals surface area contributed by atoms with E-state index in [9.17, 15) is 0 Å². The van der Waals surface area contributed by atoms with E-state index in [4.69, 9.17) is 4.74 Å². The lowest BCUT2D eigenvalue weighted by Gasteiger charge is -2.23. The molecule has 112 valence electrons. The molecule has 0 aliphatic heterocycles. The van der Waals surface area contributed by atoms with E-state index in [1.54, 1.807) is 7.11 Å². The average Bonchev–Trinajstić information content (AvgIpc) is 3.20. The Balaban J connectivity index is 2.01. The molecule has 1 aromatic heterocycles. The second kappa shape index (κ2) is 6.19. The van der Waals surface area contributed by atoms with Gasteiger partial charge in [0, 0.05) is 24.5 Å². The van der Waals surface area contributed by atoms with E-state index in [-0.39, 0.29) is 0 Å². The second-order valence-corrected chi connectivity index (χ2v) is 6.24. The molecule has 1 saturated carbocycles. The fourth-order valence-electron chi connectivity index (χ4n) is 2.32. The summed E-state index contributed by atoms with van der Waals surface area (Å²) in [7, 11) is 1.70. The number of nitrogens with zero attached hydrogens (tertiary/aromatic N) is 2. The second-order valence-electron chi connectivity index (χ2n) is 6.24. The molecule has 0 amide bonds. The summed E-state index contributed by atoms with van der Waals surface area (Å²) in [4.78, 5) is 9.29. The molecule has 2 rings (SSSR count). The summed E-state index contributed by atoms with van der Waals surface area (Å²) in [6.07, 6.45) is 4.89. The number of rotatable bonds is 7. The first-order valence-electron chi connectivity index (χ1n) is 7.57. The standard InChI is InChI=1S/C16H27N3O/c1-11-14(7-6-10-17-13-8-9-13)12(2)19-15(18-11)16(3,4)20-5/h13,17H,6-10H2,1-5H3. The third-order valence-corrected chi connectivity index (χ3v) is 4.08. The maximum Gasteiger partial charge on any atom is 0.160 e. The largest absolute Gasteiger partial charge is 0.371 e. The molecule has 1 heterocycles. The molecule has 0 atom stereocenters. The highest BCUT2D eigenvalue weighted by Crippen LogP contribution is 2.23. The van der Waals surface area contributed by atoms with Crippen LogP contribution in [0, 0.1) is 13.8 Å². The predicted molar refractivity (Wildman–Crippen MR) is 80.9 cm³/mol. The van der Waals surface area contributed by atoms with E-state index in [2.05, 4.69) is 29.1 Å². The summed E-state index contributed by atoms with van der Waals surface area (Å²) < 4.78 is 5.47. The molecular weight excluding hydrogens is 250 g/mol. The Kier molecular flexibility index (Phi) is 4.76. The number of aryl methyl sites for hydroxylation is 2. The van der Waals surface area contributed by atoms with Gasteiger partial charge in [0.25, 0.3) is 0 Å². The summed E-state index contributed by atoms with van der Waals surface area (Å²) in [6.45, 7) is 9.25. The SMILES string of the molecule is COC(C)(C)c1nc(C)c(CCCNC2CC2)c(C)n1. The number of hydrogen-bond donors (Lipinski definition) is 1. The molecule has 1 aliphatic rings. The molecule has 1 N–H and O–H groups in total.